The number of aryl methyl sites for hydroxylation is 2. The van der Waals surface area contributed by atoms with Crippen molar-refractivity contribution in [3.63, 3.8) is 0 Å². The van der Waals surface area contributed by atoms with Crippen LogP contribution in [0, 0.1) is 6.92 Å². The van der Waals surface area contributed by atoms with Gasteiger partial charge in [-0.05, 0) is 31.5 Å². The van der Waals surface area contributed by atoms with Gasteiger partial charge in [0.25, 0.3) is 0 Å². The molecule has 1 aromatic rings. The summed E-state index contributed by atoms with van der Waals surface area (Å²) in [5, 5.41) is 3.01. The molecule has 0 aliphatic rings. The van der Waals surface area contributed by atoms with Crippen LogP contribution in [-0.2, 0) is 6.42 Å². The van der Waals surface area contributed by atoms with Crippen LogP contribution < -0.4 is 5.32 Å². The maximum atomic E-state index is 3.52. The van der Waals surface area contributed by atoms with Gasteiger partial charge in [0, 0.05) is 6.54 Å². The summed E-state index contributed by atoms with van der Waals surface area (Å²) in [6.45, 7) is 11.0. The first kappa shape index (κ1) is 14.8. The summed E-state index contributed by atoms with van der Waals surface area (Å²) in [5.74, 6) is 0. The van der Waals surface area contributed by atoms with Crippen molar-refractivity contribution in [2.24, 2.45) is 0 Å². The summed E-state index contributed by atoms with van der Waals surface area (Å²) in [5.41, 5.74) is 2.76. The van der Waals surface area contributed by atoms with Crippen LogP contribution >= 0.6 is 0 Å². The molecule has 90 valence electrons. The molecule has 0 saturated carbocycles. The van der Waals surface area contributed by atoms with E-state index in [0.29, 0.717) is 0 Å². The molecule has 16 heavy (non-hydrogen) atoms. The summed E-state index contributed by atoms with van der Waals surface area (Å²) in [7, 11) is 0. The maximum Gasteiger partial charge on any atom is 0.0141 e. The predicted molar refractivity (Wildman–Crippen MR) is 73.7 cm³/mol. The van der Waals surface area contributed by atoms with E-state index in [0.717, 1.165) is 13.0 Å². The molecule has 1 aromatic carbocycles. The smallest absolute Gasteiger partial charge is 0.0141 e. The number of nitrogens with one attached hydrogen (secondary N) is 1. The van der Waals surface area contributed by atoms with E-state index in [1.807, 2.05) is 0 Å². The average Bonchev–Trinajstić information content (AvgIpc) is 2.32. The van der Waals surface area contributed by atoms with E-state index in [-0.39, 0.29) is 0 Å². The van der Waals surface area contributed by atoms with E-state index in [4.69, 9.17) is 0 Å². The van der Waals surface area contributed by atoms with Crippen molar-refractivity contribution < 1.29 is 0 Å². The molecule has 1 heteroatoms. The second-order valence-corrected chi connectivity index (χ2v) is 3.85. The number of benzene rings is 1. The Morgan fingerprint density at radius 3 is 2.25 bits per heavy atom. The van der Waals surface area contributed by atoms with Crippen molar-refractivity contribution >= 4 is 0 Å². The van der Waals surface area contributed by atoms with E-state index < -0.39 is 0 Å². The van der Waals surface area contributed by atoms with Crippen LogP contribution in [0.1, 0.15) is 37.8 Å². The number of unbranched alkanes of at least 4 members (excludes halogenated alkanes) is 1. The quantitative estimate of drug-likeness (QED) is 0.736. The zero-order valence-electron chi connectivity index (χ0n) is 10.9. The van der Waals surface area contributed by atoms with E-state index >= 15 is 0 Å². The Labute approximate surface area is 101 Å². The third kappa shape index (κ3) is 8.10. The van der Waals surface area contributed by atoms with Crippen molar-refractivity contribution in [2.45, 2.75) is 40.0 Å². The lowest BCUT2D eigenvalue weighted by atomic mass is 10.1. The zero-order valence-corrected chi connectivity index (χ0v) is 10.9. The molecule has 0 aliphatic heterocycles. The van der Waals surface area contributed by atoms with E-state index in [2.05, 4.69) is 56.9 Å². The van der Waals surface area contributed by atoms with Crippen molar-refractivity contribution in [3.05, 3.63) is 48.2 Å². The highest BCUT2D eigenvalue weighted by atomic mass is 14.8. The number of hydrogen-bond donors (Lipinski definition) is 1. The van der Waals surface area contributed by atoms with Crippen LogP contribution in [0.25, 0.3) is 0 Å². The summed E-state index contributed by atoms with van der Waals surface area (Å²) >= 11 is 0. The molecule has 0 radical (unpaired) electrons. The van der Waals surface area contributed by atoms with Gasteiger partial charge in [-0.15, -0.1) is 0 Å². The molecular weight excluding hydrogens is 194 g/mol. The van der Waals surface area contributed by atoms with Gasteiger partial charge in [0.05, 0.1) is 0 Å². The van der Waals surface area contributed by atoms with Crippen molar-refractivity contribution in [2.75, 3.05) is 6.54 Å². The first-order valence-corrected chi connectivity index (χ1v) is 6.14. The van der Waals surface area contributed by atoms with Gasteiger partial charge in [-0.2, -0.15) is 0 Å². The second-order valence-electron chi connectivity index (χ2n) is 3.85. The highest BCUT2D eigenvalue weighted by Crippen LogP contribution is 2.02. The molecule has 0 fully saturated rings. The molecule has 0 heterocycles. The first-order valence-electron chi connectivity index (χ1n) is 6.14. The largest absolute Gasteiger partial charge is 0.391 e. The molecule has 0 spiro atoms. The fourth-order valence-corrected chi connectivity index (χ4v) is 1.20. The third-order valence-corrected chi connectivity index (χ3v) is 2.35. The predicted octanol–water partition coefficient (Wildman–Crippen LogP) is 4.08. The molecule has 0 aromatic heterocycles. The Kier molecular flexibility index (Phi) is 9.49. The Hall–Kier alpha value is -1.24. The molecule has 1 nitrogen and oxygen atoms in total. The number of rotatable bonds is 5. The molecule has 0 bridgehead atoms. The SMILES string of the molecule is C=CNCCCC.CCc1ccc(C)cc1. The Morgan fingerprint density at radius 1 is 1.19 bits per heavy atom. The van der Waals surface area contributed by atoms with Gasteiger partial charge in [0.1, 0.15) is 0 Å². The van der Waals surface area contributed by atoms with Crippen molar-refractivity contribution in [1.82, 2.24) is 5.32 Å². The second kappa shape index (κ2) is 10.3. The van der Waals surface area contributed by atoms with Gasteiger partial charge >= 0.3 is 0 Å². The molecule has 1 N–H and O–H groups in total. The van der Waals surface area contributed by atoms with Gasteiger partial charge in [-0.25, -0.2) is 0 Å². The van der Waals surface area contributed by atoms with E-state index in [1.54, 1.807) is 6.20 Å². The Bertz CT molecular complexity index is 261. The minimum Gasteiger partial charge on any atom is -0.391 e. The van der Waals surface area contributed by atoms with Crippen LogP contribution in [0.3, 0.4) is 0 Å². The minimum absolute atomic E-state index is 1.07. The van der Waals surface area contributed by atoms with Gasteiger partial charge in [0.2, 0.25) is 0 Å². The molecule has 1 rings (SSSR count). The fourth-order valence-electron chi connectivity index (χ4n) is 1.20. The normalized spacial score (nSPS) is 8.94. The fraction of sp³-hybridized carbons (Fsp3) is 0.467. The van der Waals surface area contributed by atoms with Gasteiger partial charge < -0.3 is 5.32 Å². The Balaban J connectivity index is 0.000000293. The topological polar surface area (TPSA) is 12.0 Å². The molecular formula is C15H25N. The summed E-state index contributed by atoms with van der Waals surface area (Å²) < 4.78 is 0. The number of hydrogen-bond acceptors (Lipinski definition) is 1. The van der Waals surface area contributed by atoms with Crippen LogP contribution in [-0.4, -0.2) is 6.54 Å². The lowest BCUT2D eigenvalue weighted by molar-refractivity contribution is 0.736. The van der Waals surface area contributed by atoms with Gasteiger partial charge in [-0.1, -0.05) is 56.7 Å². The molecule has 0 atom stereocenters. The summed E-state index contributed by atoms with van der Waals surface area (Å²) in [6.07, 6.45) is 5.36. The molecule has 0 amide bonds. The molecule has 0 aliphatic carbocycles. The highest BCUT2D eigenvalue weighted by Gasteiger charge is 1.84. The highest BCUT2D eigenvalue weighted by molar-refractivity contribution is 5.20. The van der Waals surface area contributed by atoms with Crippen LogP contribution in [0.15, 0.2) is 37.0 Å². The standard InChI is InChI=1S/C9H12.C6H13N/c1-3-9-6-4-8(2)5-7-9;1-3-5-6-7-4-2/h4-7H,3H2,1-2H3;4,7H,2-3,5-6H2,1H3. The van der Waals surface area contributed by atoms with E-state index in [1.165, 1.54) is 24.0 Å². The molecule has 0 unspecified atom stereocenters. The van der Waals surface area contributed by atoms with Crippen molar-refractivity contribution in [3.8, 4) is 0 Å². The van der Waals surface area contributed by atoms with Crippen molar-refractivity contribution in [1.29, 1.82) is 0 Å². The summed E-state index contributed by atoms with van der Waals surface area (Å²) in [4.78, 5) is 0. The zero-order chi connectivity index (χ0) is 12.2. The van der Waals surface area contributed by atoms with E-state index in [9.17, 15) is 0 Å². The summed E-state index contributed by atoms with van der Waals surface area (Å²) in [6, 6.07) is 8.66. The minimum atomic E-state index is 1.07. The van der Waals surface area contributed by atoms with Gasteiger partial charge in [-0.3, -0.25) is 0 Å². The van der Waals surface area contributed by atoms with Gasteiger partial charge in [0.15, 0.2) is 0 Å². The lowest BCUT2D eigenvalue weighted by Crippen LogP contribution is -2.04. The van der Waals surface area contributed by atoms with Crippen LogP contribution in [0.2, 0.25) is 0 Å². The van der Waals surface area contributed by atoms with Crippen LogP contribution in [0.4, 0.5) is 0 Å². The third-order valence-electron chi connectivity index (χ3n) is 2.35. The monoisotopic (exact) mass is 219 g/mol. The molecule has 0 saturated heterocycles. The Morgan fingerprint density at radius 2 is 1.81 bits per heavy atom. The first-order chi connectivity index (χ1) is 7.74. The maximum absolute atomic E-state index is 3.52. The lowest BCUT2D eigenvalue weighted by Gasteiger charge is -1.94. The van der Waals surface area contributed by atoms with Crippen LogP contribution in [0.5, 0.6) is 0 Å². The average molecular weight is 219 g/mol.